The van der Waals surface area contributed by atoms with Gasteiger partial charge in [0.1, 0.15) is 0 Å². The second kappa shape index (κ2) is 6.80. The van der Waals surface area contributed by atoms with Crippen LogP contribution in [0.25, 0.3) is 0 Å². The van der Waals surface area contributed by atoms with E-state index in [2.05, 4.69) is 22.5 Å². The first-order valence-electron chi connectivity index (χ1n) is 5.89. The highest BCUT2D eigenvalue weighted by molar-refractivity contribution is 5.77. The van der Waals surface area contributed by atoms with E-state index < -0.39 is 0 Å². The van der Waals surface area contributed by atoms with Crippen molar-refractivity contribution in [1.29, 1.82) is 0 Å². The van der Waals surface area contributed by atoms with Gasteiger partial charge in [-0.1, -0.05) is 6.42 Å². The molecule has 1 saturated heterocycles. The van der Waals surface area contributed by atoms with Crippen LogP contribution in [0.3, 0.4) is 0 Å². The fourth-order valence-electron chi connectivity index (χ4n) is 1.97. The molecule has 4 nitrogen and oxygen atoms in total. The van der Waals surface area contributed by atoms with Crippen molar-refractivity contribution in [3.63, 3.8) is 0 Å². The summed E-state index contributed by atoms with van der Waals surface area (Å²) in [6.07, 6.45) is 3.96. The Hall–Kier alpha value is -0.610. The van der Waals surface area contributed by atoms with Crippen molar-refractivity contribution in [2.75, 3.05) is 33.2 Å². The van der Waals surface area contributed by atoms with Gasteiger partial charge < -0.3 is 10.6 Å². The van der Waals surface area contributed by atoms with Crippen molar-refractivity contribution in [1.82, 2.24) is 15.5 Å². The molecule has 1 fully saturated rings. The molecule has 0 aliphatic carbocycles. The highest BCUT2D eigenvalue weighted by atomic mass is 16.1. The van der Waals surface area contributed by atoms with Gasteiger partial charge in [0.25, 0.3) is 0 Å². The molecule has 1 rings (SSSR count). The predicted molar refractivity (Wildman–Crippen MR) is 61.8 cm³/mol. The molecule has 0 saturated carbocycles. The number of carbonyl (C=O) groups excluding carboxylic acids is 1. The average Bonchev–Trinajstić information content (AvgIpc) is 2.27. The zero-order valence-electron chi connectivity index (χ0n) is 9.88. The Labute approximate surface area is 92.4 Å². The summed E-state index contributed by atoms with van der Waals surface area (Å²) in [4.78, 5) is 13.7. The third-order valence-electron chi connectivity index (χ3n) is 2.95. The number of carbonyl (C=O) groups is 1. The quantitative estimate of drug-likeness (QED) is 0.685. The number of hydrogen-bond donors (Lipinski definition) is 2. The first-order chi connectivity index (χ1) is 7.24. The number of rotatable bonds is 5. The molecule has 0 aromatic rings. The summed E-state index contributed by atoms with van der Waals surface area (Å²) in [6, 6.07) is 0.464. The number of amides is 1. The number of likely N-dealkylation sites (N-methyl/N-ethyl adjacent to an activating group) is 1. The Bertz CT molecular complexity index is 190. The smallest absolute Gasteiger partial charge is 0.234 e. The van der Waals surface area contributed by atoms with Crippen LogP contribution in [0.5, 0.6) is 0 Å². The van der Waals surface area contributed by atoms with Crippen molar-refractivity contribution in [2.24, 2.45) is 0 Å². The van der Waals surface area contributed by atoms with E-state index in [1.165, 1.54) is 32.4 Å². The fourth-order valence-corrected chi connectivity index (χ4v) is 1.97. The number of likely N-dealkylation sites (tertiary alicyclic amines) is 1. The zero-order chi connectivity index (χ0) is 11.1. The Kier molecular flexibility index (Phi) is 5.65. The first-order valence-corrected chi connectivity index (χ1v) is 5.89. The Morgan fingerprint density at radius 1 is 1.33 bits per heavy atom. The summed E-state index contributed by atoms with van der Waals surface area (Å²) in [5.41, 5.74) is 0. The normalized spacial score (nSPS) is 19.9. The molecule has 88 valence electrons. The standard InChI is InChI=1S/C11H23N3O/c1-10(8-13-11(15)9-12-2)14-6-4-3-5-7-14/h10,12H,3-9H2,1-2H3,(H,13,15). The largest absolute Gasteiger partial charge is 0.353 e. The van der Waals surface area contributed by atoms with Gasteiger partial charge in [0.05, 0.1) is 6.54 Å². The highest BCUT2D eigenvalue weighted by Gasteiger charge is 2.16. The van der Waals surface area contributed by atoms with Crippen LogP contribution in [0.2, 0.25) is 0 Å². The summed E-state index contributed by atoms with van der Waals surface area (Å²) in [6.45, 7) is 5.73. The maximum Gasteiger partial charge on any atom is 0.234 e. The summed E-state index contributed by atoms with van der Waals surface area (Å²) >= 11 is 0. The SMILES string of the molecule is CNCC(=O)NCC(C)N1CCCCC1. The van der Waals surface area contributed by atoms with Gasteiger partial charge in [-0.05, 0) is 39.9 Å². The van der Waals surface area contributed by atoms with Crippen LogP contribution in [0.15, 0.2) is 0 Å². The van der Waals surface area contributed by atoms with Gasteiger partial charge in [0.15, 0.2) is 0 Å². The molecule has 0 radical (unpaired) electrons. The van der Waals surface area contributed by atoms with Crippen molar-refractivity contribution in [3.8, 4) is 0 Å². The Morgan fingerprint density at radius 3 is 2.60 bits per heavy atom. The van der Waals surface area contributed by atoms with Crippen LogP contribution in [0, 0.1) is 0 Å². The van der Waals surface area contributed by atoms with E-state index in [1.807, 2.05) is 0 Å². The minimum atomic E-state index is 0.0846. The van der Waals surface area contributed by atoms with Gasteiger partial charge >= 0.3 is 0 Å². The van der Waals surface area contributed by atoms with E-state index in [1.54, 1.807) is 7.05 Å². The third-order valence-corrected chi connectivity index (χ3v) is 2.95. The molecular formula is C11H23N3O. The first kappa shape index (κ1) is 12.5. The lowest BCUT2D eigenvalue weighted by molar-refractivity contribution is -0.120. The van der Waals surface area contributed by atoms with Gasteiger partial charge in [-0.3, -0.25) is 9.69 Å². The third kappa shape index (κ3) is 4.62. The molecule has 1 aliphatic rings. The molecule has 2 N–H and O–H groups in total. The molecule has 15 heavy (non-hydrogen) atoms. The van der Waals surface area contributed by atoms with E-state index in [9.17, 15) is 4.79 Å². The van der Waals surface area contributed by atoms with E-state index >= 15 is 0 Å². The molecule has 1 atom stereocenters. The molecule has 4 heteroatoms. The summed E-state index contributed by atoms with van der Waals surface area (Å²) < 4.78 is 0. The molecular weight excluding hydrogens is 190 g/mol. The van der Waals surface area contributed by atoms with Gasteiger partial charge in [-0.2, -0.15) is 0 Å². The maximum atomic E-state index is 11.2. The second-order valence-electron chi connectivity index (χ2n) is 4.28. The van der Waals surface area contributed by atoms with Gasteiger partial charge in [0.2, 0.25) is 5.91 Å². The number of nitrogens with one attached hydrogen (secondary N) is 2. The zero-order valence-corrected chi connectivity index (χ0v) is 9.88. The minimum Gasteiger partial charge on any atom is -0.353 e. The Balaban J connectivity index is 2.16. The molecule has 1 unspecified atom stereocenters. The van der Waals surface area contributed by atoms with Gasteiger partial charge in [-0.15, -0.1) is 0 Å². The highest BCUT2D eigenvalue weighted by Crippen LogP contribution is 2.11. The molecule has 1 amide bonds. The lowest BCUT2D eigenvalue weighted by atomic mass is 10.1. The second-order valence-corrected chi connectivity index (χ2v) is 4.28. The van der Waals surface area contributed by atoms with Gasteiger partial charge in [0, 0.05) is 12.6 Å². The van der Waals surface area contributed by atoms with Crippen molar-refractivity contribution in [3.05, 3.63) is 0 Å². The van der Waals surface area contributed by atoms with Crippen molar-refractivity contribution in [2.45, 2.75) is 32.2 Å². The lowest BCUT2D eigenvalue weighted by Gasteiger charge is -2.32. The van der Waals surface area contributed by atoms with E-state index in [0.717, 1.165) is 6.54 Å². The molecule has 0 aromatic heterocycles. The van der Waals surface area contributed by atoms with Crippen LogP contribution < -0.4 is 10.6 Å². The average molecular weight is 213 g/mol. The maximum absolute atomic E-state index is 11.2. The summed E-state index contributed by atoms with van der Waals surface area (Å²) in [7, 11) is 1.79. The van der Waals surface area contributed by atoms with E-state index in [-0.39, 0.29) is 5.91 Å². The van der Waals surface area contributed by atoms with Crippen molar-refractivity contribution >= 4 is 5.91 Å². The van der Waals surface area contributed by atoms with Crippen LogP contribution >= 0.6 is 0 Å². The minimum absolute atomic E-state index is 0.0846. The molecule has 0 spiro atoms. The molecule has 0 bridgehead atoms. The van der Waals surface area contributed by atoms with Crippen LogP contribution in [-0.2, 0) is 4.79 Å². The molecule has 1 heterocycles. The van der Waals surface area contributed by atoms with E-state index in [4.69, 9.17) is 0 Å². The topological polar surface area (TPSA) is 44.4 Å². The van der Waals surface area contributed by atoms with E-state index in [0.29, 0.717) is 12.6 Å². The van der Waals surface area contributed by atoms with Gasteiger partial charge in [-0.25, -0.2) is 0 Å². The Morgan fingerprint density at radius 2 is 2.00 bits per heavy atom. The molecule has 1 aliphatic heterocycles. The van der Waals surface area contributed by atoms with Crippen LogP contribution in [0.4, 0.5) is 0 Å². The summed E-state index contributed by atoms with van der Waals surface area (Å²) in [5, 5.41) is 5.78. The summed E-state index contributed by atoms with van der Waals surface area (Å²) in [5.74, 6) is 0.0846. The number of hydrogen-bond acceptors (Lipinski definition) is 3. The molecule has 0 aromatic carbocycles. The van der Waals surface area contributed by atoms with Crippen LogP contribution in [0.1, 0.15) is 26.2 Å². The lowest BCUT2D eigenvalue weighted by Crippen LogP contribution is -2.45. The fraction of sp³-hybridized carbons (Fsp3) is 0.909. The predicted octanol–water partition coefficient (Wildman–Crippen LogP) is 0.196. The number of piperidine rings is 1. The monoisotopic (exact) mass is 213 g/mol. The number of nitrogens with zero attached hydrogens (tertiary/aromatic N) is 1. The van der Waals surface area contributed by atoms with Crippen LogP contribution in [-0.4, -0.2) is 50.1 Å². The van der Waals surface area contributed by atoms with Crippen molar-refractivity contribution < 1.29 is 4.79 Å².